The Morgan fingerprint density at radius 3 is 2.74 bits per heavy atom. The molecule has 5 nitrogen and oxygen atoms in total. The highest BCUT2D eigenvalue weighted by atomic mass is 16.7. The van der Waals surface area contributed by atoms with E-state index >= 15 is 0 Å². The van der Waals surface area contributed by atoms with Gasteiger partial charge in [0.1, 0.15) is 25.0 Å². The Hall–Kier alpha value is -1.46. The average Bonchev–Trinajstić information content (AvgIpc) is 2.89. The lowest BCUT2D eigenvalue weighted by molar-refractivity contribution is -0.899. The number of likely N-dealkylation sites (N-methyl/N-ethyl adjacent to an activating group) is 1. The molecule has 1 atom stereocenters. The average molecular weight is 268 g/mol. The molecule has 0 amide bonds. The van der Waals surface area contributed by atoms with Crippen molar-refractivity contribution in [2.75, 3.05) is 33.0 Å². The van der Waals surface area contributed by atoms with Crippen LogP contribution in [0.2, 0.25) is 0 Å². The van der Waals surface area contributed by atoms with Gasteiger partial charge in [-0.05, 0) is 26.0 Å². The number of hydrogen-bond donors (Lipinski definition) is 2. The molecular weight excluding hydrogens is 246 g/mol. The quantitative estimate of drug-likeness (QED) is 0.735. The summed E-state index contributed by atoms with van der Waals surface area (Å²) < 4.78 is 16.1. The van der Waals surface area contributed by atoms with Crippen molar-refractivity contribution < 1.29 is 24.2 Å². The SMILES string of the molecule is CC[NH+](CC)C[C@@H](O)COc1ccc2c(c1)OCO2. The van der Waals surface area contributed by atoms with Gasteiger partial charge in [0.2, 0.25) is 6.79 Å². The van der Waals surface area contributed by atoms with Crippen LogP contribution in [0, 0.1) is 0 Å². The van der Waals surface area contributed by atoms with Crippen molar-refractivity contribution in [1.82, 2.24) is 0 Å². The first kappa shape index (κ1) is 14.0. The molecule has 0 aromatic heterocycles. The van der Waals surface area contributed by atoms with Crippen LogP contribution in [-0.4, -0.2) is 44.2 Å². The minimum absolute atomic E-state index is 0.257. The molecule has 0 saturated carbocycles. The maximum Gasteiger partial charge on any atom is 0.231 e. The number of aliphatic hydroxyl groups excluding tert-OH is 1. The largest absolute Gasteiger partial charge is 0.491 e. The molecule has 1 aromatic rings. The summed E-state index contributed by atoms with van der Waals surface area (Å²) in [5.41, 5.74) is 0. The summed E-state index contributed by atoms with van der Waals surface area (Å²) in [6, 6.07) is 5.43. The van der Waals surface area contributed by atoms with Crippen LogP contribution < -0.4 is 19.1 Å². The van der Waals surface area contributed by atoms with E-state index in [1.54, 1.807) is 6.07 Å². The van der Waals surface area contributed by atoms with Crippen LogP contribution in [0.4, 0.5) is 0 Å². The number of rotatable bonds is 7. The van der Waals surface area contributed by atoms with Crippen LogP contribution in [-0.2, 0) is 0 Å². The van der Waals surface area contributed by atoms with E-state index in [0.717, 1.165) is 18.8 Å². The molecule has 0 saturated heterocycles. The van der Waals surface area contributed by atoms with Crippen molar-refractivity contribution in [1.29, 1.82) is 0 Å². The molecule has 1 aliphatic rings. The van der Waals surface area contributed by atoms with Crippen LogP contribution in [0.15, 0.2) is 18.2 Å². The van der Waals surface area contributed by atoms with Gasteiger partial charge in [0.15, 0.2) is 11.5 Å². The predicted molar refractivity (Wildman–Crippen MR) is 71.0 cm³/mol. The van der Waals surface area contributed by atoms with Gasteiger partial charge in [-0.25, -0.2) is 0 Å². The van der Waals surface area contributed by atoms with Crippen LogP contribution in [0.1, 0.15) is 13.8 Å². The summed E-state index contributed by atoms with van der Waals surface area (Å²) in [7, 11) is 0. The van der Waals surface area contributed by atoms with Gasteiger partial charge in [-0.3, -0.25) is 0 Å². The molecule has 1 aliphatic heterocycles. The second-order valence-electron chi connectivity index (χ2n) is 4.64. The smallest absolute Gasteiger partial charge is 0.231 e. The number of fused-ring (bicyclic) bond motifs is 1. The van der Waals surface area contributed by atoms with Crippen molar-refractivity contribution in [2.24, 2.45) is 0 Å². The third-order valence-corrected chi connectivity index (χ3v) is 3.31. The molecule has 1 aromatic carbocycles. The van der Waals surface area contributed by atoms with E-state index < -0.39 is 6.10 Å². The fourth-order valence-corrected chi connectivity index (χ4v) is 2.09. The fourth-order valence-electron chi connectivity index (χ4n) is 2.09. The first-order valence-corrected chi connectivity index (χ1v) is 6.77. The highest BCUT2D eigenvalue weighted by Crippen LogP contribution is 2.34. The highest BCUT2D eigenvalue weighted by molar-refractivity contribution is 5.46. The van der Waals surface area contributed by atoms with Crippen molar-refractivity contribution >= 4 is 0 Å². The predicted octanol–water partition coefficient (Wildman–Crippen LogP) is 0.0797. The van der Waals surface area contributed by atoms with Crippen LogP contribution in [0.3, 0.4) is 0 Å². The minimum atomic E-state index is -0.458. The van der Waals surface area contributed by atoms with E-state index in [0.29, 0.717) is 24.7 Å². The molecule has 19 heavy (non-hydrogen) atoms. The van der Waals surface area contributed by atoms with E-state index in [-0.39, 0.29) is 6.79 Å². The lowest BCUT2D eigenvalue weighted by atomic mass is 10.3. The normalized spacial score (nSPS) is 14.7. The summed E-state index contributed by atoms with van der Waals surface area (Å²) in [5, 5.41) is 9.93. The van der Waals surface area contributed by atoms with Gasteiger partial charge >= 0.3 is 0 Å². The molecule has 0 unspecified atom stereocenters. The summed E-state index contributed by atoms with van der Waals surface area (Å²) in [5.74, 6) is 2.12. The second kappa shape index (κ2) is 6.63. The Kier molecular flexibility index (Phi) is 4.87. The Labute approximate surface area is 113 Å². The first-order chi connectivity index (χ1) is 9.22. The summed E-state index contributed by atoms with van der Waals surface area (Å²) >= 11 is 0. The number of nitrogens with one attached hydrogen (secondary N) is 1. The van der Waals surface area contributed by atoms with Gasteiger partial charge in [0.25, 0.3) is 0 Å². The zero-order valence-corrected chi connectivity index (χ0v) is 11.5. The molecule has 2 rings (SSSR count). The third kappa shape index (κ3) is 3.75. The lowest BCUT2D eigenvalue weighted by Crippen LogP contribution is -3.12. The number of aliphatic hydroxyl groups is 1. The topological polar surface area (TPSA) is 52.4 Å². The third-order valence-electron chi connectivity index (χ3n) is 3.31. The van der Waals surface area contributed by atoms with E-state index in [9.17, 15) is 5.11 Å². The van der Waals surface area contributed by atoms with Crippen molar-refractivity contribution in [3.8, 4) is 17.2 Å². The molecule has 1 heterocycles. The first-order valence-electron chi connectivity index (χ1n) is 6.77. The highest BCUT2D eigenvalue weighted by Gasteiger charge is 2.16. The molecule has 5 heteroatoms. The summed E-state index contributed by atoms with van der Waals surface area (Å²) in [6.07, 6.45) is -0.458. The van der Waals surface area contributed by atoms with Crippen LogP contribution in [0.5, 0.6) is 17.2 Å². The van der Waals surface area contributed by atoms with Gasteiger partial charge in [-0.15, -0.1) is 0 Å². The van der Waals surface area contributed by atoms with Crippen LogP contribution in [0.25, 0.3) is 0 Å². The van der Waals surface area contributed by atoms with Crippen molar-refractivity contribution in [3.05, 3.63) is 18.2 Å². The number of hydrogen-bond acceptors (Lipinski definition) is 4. The van der Waals surface area contributed by atoms with Crippen LogP contribution >= 0.6 is 0 Å². The maximum absolute atomic E-state index is 9.93. The molecule has 0 radical (unpaired) electrons. The van der Waals surface area contributed by atoms with E-state index in [2.05, 4.69) is 13.8 Å². The zero-order valence-electron chi connectivity index (χ0n) is 11.5. The number of benzene rings is 1. The fraction of sp³-hybridized carbons (Fsp3) is 0.571. The zero-order chi connectivity index (χ0) is 13.7. The Morgan fingerprint density at radius 1 is 1.26 bits per heavy atom. The minimum Gasteiger partial charge on any atom is -0.491 e. The van der Waals surface area contributed by atoms with Gasteiger partial charge < -0.3 is 24.2 Å². The molecular formula is C14H22NO4+. The Bertz CT molecular complexity index is 406. The van der Waals surface area contributed by atoms with Gasteiger partial charge in [0.05, 0.1) is 13.1 Å². The Morgan fingerprint density at radius 2 is 2.00 bits per heavy atom. The van der Waals surface area contributed by atoms with E-state index in [1.807, 2.05) is 12.1 Å². The molecule has 2 N–H and O–H groups in total. The van der Waals surface area contributed by atoms with E-state index in [4.69, 9.17) is 14.2 Å². The van der Waals surface area contributed by atoms with Crippen molar-refractivity contribution in [3.63, 3.8) is 0 Å². The maximum atomic E-state index is 9.93. The summed E-state index contributed by atoms with van der Waals surface area (Å²) in [4.78, 5) is 1.36. The van der Waals surface area contributed by atoms with Crippen molar-refractivity contribution in [2.45, 2.75) is 20.0 Å². The van der Waals surface area contributed by atoms with E-state index in [1.165, 1.54) is 4.90 Å². The molecule has 0 bridgehead atoms. The van der Waals surface area contributed by atoms with Gasteiger partial charge in [-0.1, -0.05) is 0 Å². The molecule has 106 valence electrons. The second-order valence-corrected chi connectivity index (χ2v) is 4.64. The monoisotopic (exact) mass is 268 g/mol. The van der Waals surface area contributed by atoms with Gasteiger partial charge in [-0.2, -0.15) is 0 Å². The van der Waals surface area contributed by atoms with Gasteiger partial charge in [0, 0.05) is 6.07 Å². The number of quaternary nitrogens is 1. The molecule has 0 aliphatic carbocycles. The Balaban J connectivity index is 1.81. The standard InChI is InChI=1S/C14H21NO4/c1-3-15(4-2)8-11(16)9-17-12-5-6-13-14(7-12)19-10-18-13/h5-7,11,16H,3-4,8-10H2,1-2H3/p+1/t11-/m1/s1. The number of ether oxygens (including phenoxy) is 3. The lowest BCUT2D eigenvalue weighted by Gasteiger charge is -2.19. The summed E-state index contributed by atoms with van der Waals surface area (Å²) in [6.45, 7) is 7.51. The molecule has 0 fully saturated rings. The molecule has 0 spiro atoms.